The van der Waals surface area contributed by atoms with E-state index >= 15 is 0 Å². The molecule has 0 atom stereocenters. The highest BCUT2D eigenvalue weighted by Crippen LogP contribution is 2.27. The van der Waals surface area contributed by atoms with Crippen LogP contribution in [0, 0.1) is 6.92 Å². The van der Waals surface area contributed by atoms with Gasteiger partial charge in [-0.3, -0.25) is 4.79 Å². The first-order chi connectivity index (χ1) is 15.1. The van der Waals surface area contributed by atoms with Crippen LogP contribution in [-0.4, -0.2) is 48.7 Å². The molecule has 3 aromatic rings. The summed E-state index contributed by atoms with van der Waals surface area (Å²) in [7, 11) is 0. The van der Waals surface area contributed by atoms with Crippen molar-refractivity contribution < 1.29 is 9.32 Å². The van der Waals surface area contributed by atoms with Crippen LogP contribution in [0.2, 0.25) is 0 Å². The quantitative estimate of drug-likeness (QED) is 0.543. The Hall–Kier alpha value is -2.77. The summed E-state index contributed by atoms with van der Waals surface area (Å²) in [5.41, 5.74) is 3.53. The van der Waals surface area contributed by atoms with E-state index in [1.807, 2.05) is 49.4 Å². The summed E-state index contributed by atoms with van der Waals surface area (Å²) in [6.45, 7) is 9.45. The van der Waals surface area contributed by atoms with Gasteiger partial charge in [-0.2, -0.15) is 0 Å². The maximum absolute atomic E-state index is 12.9. The summed E-state index contributed by atoms with van der Waals surface area (Å²) in [5.74, 6) is 1.34. The molecular weight excluding hydrogens is 408 g/mol. The van der Waals surface area contributed by atoms with Crippen LogP contribution in [0.5, 0.6) is 0 Å². The van der Waals surface area contributed by atoms with Crippen LogP contribution < -0.4 is 10.2 Å². The number of amides is 1. The number of thioether (sulfide) groups is 1. The van der Waals surface area contributed by atoms with E-state index in [1.165, 1.54) is 5.69 Å². The summed E-state index contributed by atoms with van der Waals surface area (Å²) in [5, 5.41) is 7.06. The van der Waals surface area contributed by atoms with Gasteiger partial charge in [-0.25, -0.2) is 0 Å². The summed E-state index contributed by atoms with van der Waals surface area (Å²) in [6.07, 6.45) is 0. The molecule has 1 N–H and O–H groups in total. The summed E-state index contributed by atoms with van der Waals surface area (Å²) >= 11 is 1.58. The summed E-state index contributed by atoms with van der Waals surface area (Å²) < 4.78 is 5.13. The number of hydrogen-bond donors (Lipinski definition) is 1. The van der Waals surface area contributed by atoms with Crippen LogP contribution in [0.3, 0.4) is 0 Å². The van der Waals surface area contributed by atoms with Gasteiger partial charge in [-0.15, -0.1) is 11.8 Å². The third-order valence-corrected chi connectivity index (χ3v) is 6.60. The Morgan fingerprint density at radius 1 is 1.10 bits per heavy atom. The molecule has 1 saturated heterocycles. The van der Waals surface area contributed by atoms with Crippen molar-refractivity contribution >= 4 is 29.0 Å². The van der Waals surface area contributed by atoms with Gasteiger partial charge in [0, 0.05) is 54.3 Å². The van der Waals surface area contributed by atoms with Crippen LogP contribution >= 0.6 is 11.8 Å². The number of carbonyl (C=O) groups excluding carboxylic acids is 1. The zero-order valence-corrected chi connectivity index (χ0v) is 18.8. The van der Waals surface area contributed by atoms with Crippen LogP contribution in [0.15, 0.2) is 64.0 Å². The number of nitrogens with zero attached hydrogens (tertiary/aromatic N) is 3. The number of nitrogens with one attached hydrogen (secondary N) is 1. The zero-order valence-electron chi connectivity index (χ0n) is 18.0. The summed E-state index contributed by atoms with van der Waals surface area (Å²) in [4.78, 5) is 18.7. The zero-order chi connectivity index (χ0) is 21.6. The third-order valence-electron chi connectivity index (χ3n) is 5.49. The first-order valence-corrected chi connectivity index (χ1v) is 11.6. The SMILES string of the molecule is CCN1CCN(c2ccc(NC(=O)c3ccccc3SCc3cc(C)on3)cc2)CC1. The van der Waals surface area contributed by atoms with Gasteiger partial charge in [0.25, 0.3) is 5.91 Å². The molecule has 1 aliphatic heterocycles. The lowest BCUT2D eigenvalue weighted by atomic mass is 10.2. The van der Waals surface area contributed by atoms with Crippen molar-refractivity contribution in [3.8, 4) is 0 Å². The fourth-order valence-electron chi connectivity index (χ4n) is 3.69. The monoisotopic (exact) mass is 436 g/mol. The number of piperazine rings is 1. The van der Waals surface area contributed by atoms with Crippen LogP contribution in [-0.2, 0) is 5.75 Å². The smallest absolute Gasteiger partial charge is 0.256 e. The molecular formula is C24H28N4O2S. The molecule has 162 valence electrons. The Labute approximate surface area is 187 Å². The molecule has 7 heteroatoms. The Bertz CT molecular complexity index is 1010. The van der Waals surface area contributed by atoms with Crippen molar-refractivity contribution in [1.82, 2.24) is 10.1 Å². The predicted molar refractivity (Wildman–Crippen MR) is 126 cm³/mol. The van der Waals surface area contributed by atoms with E-state index in [0.29, 0.717) is 11.3 Å². The second-order valence-electron chi connectivity index (χ2n) is 7.64. The van der Waals surface area contributed by atoms with E-state index in [2.05, 4.69) is 39.3 Å². The Morgan fingerprint density at radius 2 is 1.84 bits per heavy atom. The molecule has 0 unspecified atom stereocenters. The highest BCUT2D eigenvalue weighted by atomic mass is 32.2. The average molecular weight is 437 g/mol. The third kappa shape index (κ3) is 5.48. The van der Waals surface area contributed by atoms with Gasteiger partial charge < -0.3 is 19.6 Å². The van der Waals surface area contributed by atoms with Gasteiger partial charge in [-0.05, 0) is 49.9 Å². The van der Waals surface area contributed by atoms with Gasteiger partial charge in [0.15, 0.2) is 0 Å². The number of aromatic nitrogens is 1. The van der Waals surface area contributed by atoms with Gasteiger partial charge in [-0.1, -0.05) is 24.2 Å². The van der Waals surface area contributed by atoms with Crippen molar-refractivity contribution in [2.45, 2.75) is 24.5 Å². The minimum Gasteiger partial charge on any atom is -0.369 e. The van der Waals surface area contributed by atoms with Crippen molar-refractivity contribution in [3.05, 3.63) is 71.6 Å². The maximum Gasteiger partial charge on any atom is 0.256 e. The summed E-state index contributed by atoms with van der Waals surface area (Å²) in [6, 6.07) is 17.7. The number of aryl methyl sites for hydroxylation is 1. The minimum atomic E-state index is -0.108. The molecule has 0 bridgehead atoms. The molecule has 2 heterocycles. The highest BCUT2D eigenvalue weighted by Gasteiger charge is 2.16. The fourth-order valence-corrected chi connectivity index (χ4v) is 4.62. The van der Waals surface area contributed by atoms with E-state index in [1.54, 1.807) is 11.8 Å². The molecule has 31 heavy (non-hydrogen) atoms. The number of carbonyl (C=O) groups is 1. The lowest BCUT2D eigenvalue weighted by molar-refractivity contribution is 0.102. The predicted octanol–water partition coefficient (Wildman–Crippen LogP) is 4.67. The van der Waals surface area contributed by atoms with Crippen LogP contribution in [0.1, 0.15) is 28.7 Å². The molecule has 0 spiro atoms. The van der Waals surface area contributed by atoms with Gasteiger partial charge in [0.2, 0.25) is 0 Å². The standard InChI is InChI=1S/C24H28N4O2S/c1-3-27-12-14-28(15-13-27)21-10-8-19(9-11-21)25-24(29)22-6-4-5-7-23(22)31-17-20-16-18(2)30-26-20/h4-11,16H,3,12-15,17H2,1-2H3,(H,25,29). The molecule has 1 fully saturated rings. The topological polar surface area (TPSA) is 61.6 Å². The van der Waals surface area contributed by atoms with E-state index < -0.39 is 0 Å². The Morgan fingerprint density at radius 3 is 2.52 bits per heavy atom. The Balaban J connectivity index is 1.38. The van der Waals surface area contributed by atoms with Gasteiger partial charge in [0.1, 0.15) is 5.76 Å². The molecule has 4 rings (SSSR count). The van der Waals surface area contributed by atoms with Gasteiger partial charge in [0.05, 0.1) is 11.3 Å². The molecule has 0 saturated carbocycles. The van der Waals surface area contributed by atoms with E-state index in [-0.39, 0.29) is 5.91 Å². The largest absolute Gasteiger partial charge is 0.369 e. The molecule has 1 aliphatic rings. The first-order valence-electron chi connectivity index (χ1n) is 10.6. The van der Waals surface area contributed by atoms with E-state index in [0.717, 1.165) is 54.8 Å². The lowest BCUT2D eigenvalue weighted by Crippen LogP contribution is -2.46. The van der Waals surface area contributed by atoms with Crippen LogP contribution in [0.25, 0.3) is 0 Å². The maximum atomic E-state index is 12.9. The minimum absolute atomic E-state index is 0.108. The Kier molecular flexibility index (Phi) is 6.94. The normalized spacial score (nSPS) is 14.6. The number of benzene rings is 2. The lowest BCUT2D eigenvalue weighted by Gasteiger charge is -2.35. The average Bonchev–Trinajstić information content (AvgIpc) is 3.23. The highest BCUT2D eigenvalue weighted by molar-refractivity contribution is 7.98. The molecule has 0 radical (unpaired) electrons. The molecule has 0 aliphatic carbocycles. The van der Waals surface area contributed by atoms with Crippen molar-refractivity contribution in [2.75, 3.05) is 42.9 Å². The number of anilines is 2. The van der Waals surface area contributed by atoms with Gasteiger partial charge >= 0.3 is 0 Å². The number of hydrogen-bond acceptors (Lipinski definition) is 6. The molecule has 1 aromatic heterocycles. The molecule has 1 amide bonds. The first kappa shape index (κ1) is 21.5. The van der Waals surface area contributed by atoms with E-state index in [9.17, 15) is 4.79 Å². The second kappa shape index (κ2) is 10.0. The van der Waals surface area contributed by atoms with Crippen molar-refractivity contribution in [3.63, 3.8) is 0 Å². The molecule has 2 aromatic carbocycles. The number of likely N-dealkylation sites (N-methyl/N-ethyl adjacent to an activating group) is 1. The fraction of sp³-hybridized carbons (Fsp3) is 0.333. The molecule has 6 nitrogen and oxygen atoms in total. The number of rotatable bonds is 7. The van der Waals surface area contributed by atoms with Crippen molar-refractivity contribution in [1.29, 1.82) is 0 Å². The van der Waals surface area contributed by atoms with Crippen LogP contribution in [0.4, 0.5) is 11.4 Å². The van der Waals surface area contributed by atoms with Crippen molar-refractivity contribution in [2.24, 2.45) is 0 Å². The van der Waals surface area contributed by atoms with E-state index in [4.69, 9.17) is 4.52 Å². The second-order valence-corrected chi connectivity index (χ2v) is 8.65.